The highest BCUT2D eigenvalue weighted by Gasteiger charge is 2.30. The lowest BCUT2D eigenvalue weighted by atomic mass is 10.2. The summed E-state index contributed by atoms with van der Waals surface area (Å²) in [7, 11) is 1.29. The van der Waals surface area contributed by atoms with E-state index in [2.05, 4.69) is 20.6 Å². The molecule has 3 aromatic heterocycles. The van der Waals surface area contributed by atoms with Gasteiger partial charge in [-0.05, 0) is 32.6 Å². The molecule has 0 atom stereocenters. The summed E-state index contributed by atoms with van der Waals surface area (Å²) in [6, 6.07) is 1.89. The number of hydrogen-bond donors (Lipinski definition) is 2. The van der Waals surface area contributed by atoms with E-state index in [0.717, 1.165) is 25.7 Å². The summed E-state index contributed by atoms with van der Waals surface area (Å²) < 4.78 is 8.44. The lowest BCUT2D eigenvalue weighted by Gasteiger charge is -2.12. The van der Waals surface area contributed by atoms with Crippen molar-refractivity contribution in [1.29, 1.82) is 0 Å². The third-order valence-electron chi connectivity index (χ3n) is 5.86. The standard InChI is InChI=1S/C22H24N6O4/c1-3-27-11-24-19-18(21(27)30)16(10-28(19)13-6-7-13)25-15-8-17(26-20(29)12-4-5-12)23-9-14(15)22(31)32-2/h8-13H,3-7H2,1-2H3,(H2,23,25,26,29). The predicted octanol–water partition coefficient (Wildman–Crippen LogP) is 2.83. The summed E-state index contributed by atoms with van der Waals surface area (Å²) in [6.45, 7) is 2.38. The van der Waals surface area contributed by atoms with Gasteiger partial charge in [0.2, 0.25) is 5.91 Å². The van der Waals surface area contributed by atoms with Crippen LogP contribution < -0.4 is 16.2 Å². The van der Waals surface area contributed by atoms with Crippen LogP contribution in [0, 0.1) is 5.92 Å². The van der Waals surface area contributed by atoms with E-state index in [4.69, 9.17) is 4.74 Å². The summed E-state index contributed by atoms with van der Waals surface area (Å²) >= 11 is 0. The minimum Gasteiger partial charge on any atom is -0.465 e. The summed E-state index contributed by atoms with van der Waals surface area (Å²) in [4.78, 5) is 46.4. The molecule has 3 aromatic rings. The maximum Gasteiger partial charge on any atom is 0.341 e. The largest absolute Gasteiger partial charge is 0.465 e. The van der Waals surface area contributed by atoms with E-state index in [-0.39, 0.29) is 22.9 Å². The molecule has 2 fully saturated rings. The first kappa shape index (κ1) is 20.2. The van der Waals surface area contributed by atoms with Crippen LogP contribution in [0.4, 0.5) is 17.2 Å². The van der Waals surface area contributed by atoms with Crippen LogP contribution in [0.3, 0.4) is 0 Å². The number of methoxy groups -OCH3 is 1. The average Bonchev–Trinajstić information content (AvgIpc) is 3.71. The number of anilines is 3. The Balaban J connectivity index is 1.59. The number of rotatable bonds is 7. The van der Waals surface area contributed by atoms with Gasteiger partial charge >= 0.3 is 5.97 Å². The third kappa shape index (κ3) is 3.61. The van der Waals surface area contributed by atoms with Crippen molar-refractivity contribution < 1.29 is 14.3 Å². The molecule has 0 aromatic carbocycles. The zero-order valence-corrected chi connectivity index (χ0v) is 17.9. The van der Waals surface area contributed by atoms with Crippen molar-refractivity contribution in [2.24, 2.45) is 5.92 Å². The Kier molecular flexibility index (Phi) is 4.91. The molecule has 0 aliphatic heterocycles. The molecule has 3 heterocycles. The Hall–Kier alpha value is -3.69. The minimum atomic E-state index is -0.574. The minimum absolute atomic E-state index is 0.0172. The Labute approximate surface area is 183 Å². The molecule has 32 heavy (non-hydrogen) atoms. The molecule has 0 saturated heterocycles. The topological polar surface area (TPSA) is 120 Å². The number of ether oxygens (including phenoxy) is 1. The highest BCUT2D eigenvalue weighted by molar-refractivity contribution is 6.00. The van der Waals surface area contributed by atoms with E-state index < -0.39 is 5.97 Å². The number of pyridine rings is 1. The van der Waals surface area contributed by atoms with Gasteiger partial charge in [-0.1, -0.05) is 0 Å². The number of amides is 1. The van der Waals surface area contributed by atoms with Gasteiger partial charge in [0.05, 0.1) is 24.8 Å². The molecule has 1 amide bonds. The number of fused-ring (bicyclic) bond motifs is 1. The molecule has 2 saturated carbocycles. The molecular weight excluding hydrogens is 412 g/mol. The molecule has 2 aliphatic rings. The predicted molar refractivity (Wildman–Crippen MR) is 118 cm³/mol. The summed E-state index contributed by atoms with van der Waals surface area (Å²) in [6.07, 6.45) is 8.58. The molecule has 2 N–H and O–H groups in total. The Bertz CT molecular complexity index is 1290. The van der Waals surface area contributed by atoms with Crippen molar-refractivity contribution in [3.63, 3.8) is 0 Å². The molecule has 2 aliphatic carbocycles. The quantitative estimate of drug-likeness (QED) is 0.547. The van der Waals surface area contributed by atoms with Crippen LogP contribution in [-0.4, -0.2) is 38.1 Å². The molecule has 0 unspecified atom stereocenters. The molecule has 0 bridgehead atoms. The second-order valence-electron chi connectivity index (χ2n) is 8.21. The van der Waals surface area contributed by atoms with E-state index in [1.807, 2.05) is 17.7 Å². The van der Waals surface area contributed by atoms with Gasteiger partial charge in [0.15, 0.2) is 0 Å². The van der Waals surface area contributed by atoms with Gasteiger partial charge in [-0.15, -0.1) is 0 Å². The number of carbonyl (C=O) groups is 2. The lowest BCUT2D eigenvalue weighted by molar-refractivity contribution is -0.117. The summed E-state index contributed by atoms with van der Waals surface area (Å²) in [5.74, 6) is -0.319. The first-order valence-corrected chi connectivity index (χ1v) is 10.8. The Morgan fingerprint density at radius 3 is 2.62 bits per heavy atom. The first-order chi connectivity index (χ1) is 15.5. The van der Waals surface area contributed by atoms with Crippen molar-refractivity contribution in [2.45, 2.75) is 45.2 Å². The van der Waals surface area contributed by atoms with Crippen molar-refractivity contribution in [2.75, 3.05) is 17.7 Å². The first-order valence-electron chi connectivity index (χ1n) is 10.8. The van der Waals surface area contributed by atoms with Gasteiger partial charge < -0.3 is 19.9 Å². The molecule has 5 rings (SSSR count). The highest BCUT2D eigenvalue weighted by atomic mass is 16.5. The lowest BCUT2D eigenvalue weighted by Crippen LogP contribution is -2.20. The van der Waals surface area contributed by atoms with E-state index >= 15 is 0 Å². The maximum absolute atomic E-state index is 13.1. The molecule has 10 heteroatoms. The van der Waals surface area contributed by atoms with Crippen molar-refractivity contribution >= 4 is 40.1 Å². The zero-order chi connectivity index (χ0) is 22.4. The third-order valence-corrected chi connectivity index (χ3v) is 5.86. The van der Waals surface area contributed by atoms with Gasteiger partial charge in [0.25, 0.3) is 5.56 Å². The number of carbonyl (C=O) groups excluding carboxylic acids is 2. The fourth-order valence-corrected chi connectivity index (χ4v) is 3.75. The fourth-order valence-electron chi connectivity index (χ4n) is 3.75. The van der Waals surface area contributed by atoms with Crippen LogP contribution in [0.2, 0.25) is 0 Å². The van der Waals surface area contributed by atoms with E-state index in [0.29, 0.717) is 40.8 Å². The second-order valence-corrected chi connectivity index (χ2v) is 8.21. The molecule has 0 radical (unpaired) electrons. The SMILES string of the molecule is CCn1cnc2c(c(Nc3cc(NC(=O)C4CC4)ncc3C(=O)OC)cn2C2CC2)c1=O. The van der Waals surface area contributed by atoms with Crippen molar-refractivity contribution in [3.05, 3.63) is 40.7 Å². The number of nitrogens with zero attached hydrogens (tertiary/aromatic N) is 4. The molecule has 0 spiro atoms. The van der Waals surface area contributed by atoms with E-state index in [9.17, 15) is 14.4 Å². The van der Waals surface area contributed by atoms with Crippen molar-refractivity contribution in [3.8, 4) is 0 Å². The summed E-state index contributed by atoms with van der Waals surface area (Å²) in [5, 5.41) is 6.46. The smallest absolute Gasteiger partial charge is 0.341 e. The number of aromatic nitrogens is 4. The normalized spacial score (nSPS) is 15.6. The molecular formula is C22H24N6O4. The number of esters is 1. The van der Waals surface area contributed by atoms with Crippen LogP contribution in [-0.2, 0) is 16.1 Å². The van der Waals surface area contributed by atoms with Crippen LogP contribution in [0.25, 0.3) is 11.0 Å². The van der Waals surface area contributed by atoms with Crippen LogP contribution >= 0.6 is 0 Å². The maximum atomic E-state index is 13.1. The number of aryl methyl sites for hydroxylation is 1. The fraction of sp³-hybridized carbons (Fsp3) is 0.409. The molecule has 166 valence electrons. The average molecular weight is 436 g/mol. The van der Waals surface area contributed by atoms with Crippen LogP contribution in [0.5, 0.6) is 0 Å². The Morgan fingerprint density at radius 2 is 1.97 bits per heavy atom. The second kappa shape index (κ2) is 7.77. The number of nitrogens with one attached hydrogen (secondary N) is 2. The van der Waals surface area contributed by atoms with Gasteiger partial charge in [-0.25, -0.2) is 14.8 Å². The summed E-state index contributed by atoms with van der Waals surface area (Å²) in [5.41, 5.74) is 1.59. The van der Waals surface area contributed by atoms with E-state index in [1.54, 1.807) is 17.0 Å². The zero-order valence-electron chi connectivity index (χ0n) is 17.9. The monoisotopic (exact) mass is 436 g/mol. The van der Waals surface area contributed by atoms with Crippen LogP contribution in [0.15, 0.2) is 29.6 Å². The van der Waals surface area contributed by atoms with Crippen molar-refractivity contribution in [1.82, 2.24) is 19.1 Å². The highest BCUT2D eigenvalue weighted by Crippen LogP contribution is 2.40. The van der Waals surface area contributed by atoms with E-state index in [1.165, 1.54) is 13.3 Å². The van der Waals surface area contributed by atoms with Gasteiger partial charge in [-0.3, -0.25) is 14.2 Å². The number of hydrogen-bond acceptors (Lipinski definition) is 7. The van der Waals surface area contributed by atoms with Gasteiger partial charge in [0, 0.05) is 37.0 Å². The molecule has 10 nitrogen and oxygen atoms in total. The van der Waals surface area contributed by atoms with Crippen LogP contribution in [0.1, 0.15) is 49.0 Å². The van der Waals surface area contributed by atoms with Gasteiger partial charge in [0.1, 0.15) is 22.4 Å². The van der Waals surface area contributed by atoms with Gasteiger partial charge in [-0.2, -0.15) is 0 Å². The Morgan fingerprint density at radius 1 is 1.19 bits per heavy atom.